The van der Waals surface area contributed by atoms with Gasteiger partial charge in [-0.05, 0) is 30.5 Å². The Morgan fingerprint density at radius 3 is 2.92 bits per heavy atom. The van der Waals surface area contributed by atoms with E-state index < -0.39 is 0 Å². The zero-order chi connectivity index (χ0) is 17.9. The van der Waals surface area contributed by atoms with Crippen LogP contribution in [0.3, 0.4) is 0 Å². The van der Waals surface area contributed by atoms with Gasteiger partial charge in [0.1, 0.15) is 0 Å². The van der Waals surface area contributed by atoms with Crippen LogP contribution in [0.25, 0.3) is 21.7 Å². The van der Waals surface area contributed by atoms with Crippen LogP contribution in [0.15, 0.2) is 51.5 Å². The molecular formula is C18H18N4O2S2. The highest BCUT2D eigenvalue weighted by molar-refractivity contribution is 7.99. The molecule has 4 aromatic rings. The molecule has 26 heavy (non-hydrogen) atoms. The van der Waals surface area contributed by atoms with Gasteiger partial charge in [0.05, 0.1) is 27.8 Å². The van der Waals surface area contributed by atoms with Crippen LogP contribution in [-0.4, -0.2) is 33.4 Å². The number of fused-ring (bicyclic) bond motifs is 1. The van der Waals surface area contributed by atoms with Crippen LogP contribution in [0, 0.1) is 0 Å². The van der Waals surface area contributed by atoms with Gasteiger partial charge in [-0.1, -0.05) is 35.1 Å². The molecule has 0 saturated heterocycles. The lowest BCUT2D eigenvalue weighted by Crippen LogP contribution is -2.06. The number of imidazole rings is 1. The molecule has 8 heteroatoms. The first-order valence-electron chi connectivity index (χ1n) is 8.24. The number of para-hydroxylation sites is 2. The van der Waals surface area contributed by atoms with Crippen molar-refractivity contribution in [3.05, 3.63) is 47.7 Å². The number of aromatic nitrogens is 4. The van der Waals surface area contributed by atoms with E-state index in [1.807, 2.05) is 35.7 Å². The van der Waals surface area contributed by atoms with Gasteiger partial charge in [0.15, 0.2) is 5.16 Å². The molecular weight excluding hydrogens is 368 g/mol. The highest BCUT2D eigenvalue weighted by atomic mass is 32.2. The molecule has 0 saturated carbocycles. The van der Waals surface area contributed by atoms with E-state index in [9.17, 15) is 0 Å². The van der Waals surface area contributed by atoms with Gasteiger partial charge in [-0.25, -0.2) is 4.98 Å². The van der Waals surface area contributed by atoms with Crippen molar-refractivity contribution < 1.29 is 9.26 Å². The third kappa shape index (κ3) is 3.40. The van der Waals surface area contributed by atoms with Crippen LogP contribution < -0.4 is 0 Å². The summed E-state index contributed by atoms with van der Waals surface area (Å²) in [5.74, 6) is 1.24. The van der Waals surface area contributed by atoms with Crippen LogP contribution in [0.4, 0.5) is 0 Å². The van der Waals surface area contributed by atoms with Gasteiger partial charge >= 0.3 is 0 Å². The number of nitrogens with zero attached hydrogens (tertiary/aromatic N) is 4. The Hall–Kier alpha value is -2.16. The summed E-state index contributed by atoms with van der Waals surface area (Å²) in [5.41, 5.74) is 2.08. The Morgan fingerprint density at radius 2 is 2.12 bits per heavy atom. The summed E-state index contributed by atoms with van der Waals surface area (Å²) in [7, 11) is 1.71. The van der Waals surface area contributed by atoms with Gasteiger partial charge in [-0.3, -0.25) is 0 Å². The van der Waals surface area contributed by atoms with E-state index in [4.69, 9.17) is 14.2 Å². The maximum atomic E-state index is 5.48. The number of benzene rings is 1. The molecule has 0 fully saturated rings. The first-order valence-corrected chi connectivity index (χ1v) is 10.0. The van der Waals surface area contributed by atoms with Crippen LogP contribution in [0.2, 0.25) is 0 Å². The molecule has 1 atom stereocenters. The average Bonchev–Trinajstić information content (AvgIpc) is 3.39. The molecule has 134 valence electrons. The van der Waals surface area contributed by atoms with Crippen LogP contribution in [0.5, 0.6) is 0 Å². The quantitative estimate of drug-likeness (QED) is 0.431. The number of ether oxygens (including phenoxy) is 1. The predicted molar refractivity (Wildman–Crippen MR) is 103 cm³/mol. The lowest BCUT2D eigenvalue weighted by Gasteiger charge is -2.10. The summed E-state index contributed by atoms with van der Waals surface area (Å²) >= 11 is 3.21. The summed E-state index contributed by atoms with van der Waals surface area (Å²) in [5, 5.41) is 7.02. The molecule has 1 aromatic carbocycles. The Bertz CT molecular complexity index is 994. The second-order valence-corrected chi connectivity index (χ2v) is 7.98. The molecule has 0 spiro atoms. The van der Waals surface area contributed by atoms with Crippen molar-refractivity contribution >= 4 is 34.1 Å². The molecule has 0 aliphatic rings. The maximum Gasteiger partial charge on any atom is 0.240 e. The van der Waals surface area contributed by atoms with Crippen LogP contribution in [-0.2, 0) is 11.3 Å². The second kappa shape index (κ2) is 7.61. The SMILES string of the molecule is COCCn1c(SC(C)c2nc(-c3cccs3)no2)nc2ccccc21. The summed E-state index contributed by atoms with van der Waals surface area (Å²) in [6.07, 6.45) is 0. The maximum absolute atomic E-state index is 5.48. The van der Waals surface area contributed by atoms with Crippen molar-refractivity contribution in [3.8, 4) is 10.7 Å². The minimum absolute atomic E-state index is 0.00526. The molecule has 3 aromatic heterocycles. The first kappa shape index (κ1) is 17.3. The molecule has 0 bridgehead atoms. The van der Waals surface area contributed by atoms with E-state index in [0.717, 1.165) is 27.6 Å². The van der Waals surface area contributed by atoms with Crippen molar-refractivity contribution in [2.45, 2.75) is 23.9 Å². The van der Waals surface area contributed by atoms with Gasteiger partial charge < -0.3 is 13.8 Å². The van der Waals surface area contributed by atoms with E-state index in [0.29, 0.717) is 18.3 Å². The Labute approximate surface area is 159 Å². The minimum Gasteiger partial charge on any atom is -0.383 e. The number of rotatable bonds is 7. The van der Waals surface area contributed by atoms with Crippen molar-refractivity contribution in [1.29, 1.82) is 0 Å². The number of hydrogen-bond donors (Lipinski definition) is 0. The third-order valence-corrected chi connectivity index (χ3v) is 5.90. The number of hydrogen-bond acceptors (Lipinski definition) is 7. The normalized spacial score (nSPS) is 12.7. The molecule has 4 rings (SSSR count). The molecule has 0 aliphatic heterocycles. The smallest absolute Gasteiger partial charge is 0.240 e. The fraction of sp³-hybridized carbons (Fsp3) is 0.278. The highest BCUT2D eigenvalue weighted by Gasteiger charge is 2.20. The van der Waals surface area contributed by atoms with E-state index in [1.54, 1.807) is 30.2 Å². The fourth-order valence-corrected chi connectivity index (χ4v) is 4.29. The van der Waals surface area contributed by atoms with Crippen molar-refractivity contribution in [2.75, 3.05) is 13.7 Å². The van der Waals surface area contributed by atoms with E-state index >= 15 is 0 Å². The van der Waals surface area contributed by atoms with Gasteiger partial charge in [0.2, 0.25) is 11.7 Å². The molecule has 0 radical (unpaired) electrons. The topological polar surface area (TPSA) is 66.0 Å². The highest BCUT2D eigenvalue weighted by Crippen LogP contribution is 2.36. The van der Waals surface area contributed by atoms with E-state index in [2.05, 4.69) is 27.7 Å². The molecule has 1 unspecified atom stereocenters. The standard InChI is InChI=1S/C18H18N4O2S2/c1-12(17-20-16(21-24-17)15-8-5-11-25-15)26-18-19-13-6-3-4-7-14(13)22(18)9-10-23-2/h3-8,11-12H,9-10H2,1-2H3. The third-order valence-electron chi connectivity index (χ3n) is 3.95. The number of thiophene rings is 1. The van der Waals surface area contributed by atoms with Gasteiger partial charge in [0, 0.05) is 13.7 Å². The van der Waals surface area contributed by atoms with Gasteiger partial charge in [-0.15, -0.1) is 11.3 Å². The zero-order valence-corrected chi connectivity index (χ0v) is 16.1. The molecule has 0 aliphatic carbocycles. The van der Waals surface area contributed by atoms with Crippen LogP contribution in [0.1, 0.15) is 18.1 Å². The Morgan fingerprint density at radius 1 is 1.23 bits per heavy atom. The first-order chi connectivity index (χ1) is 12.8. The summed E-state index contributed by atoms with van der Waals surface area (Å²) in [6, 6.07) is 12.1. The van der Waals surface area contributed by atoms with Gasteiger partial charge in [0.25, 0.3) is 0 Å². The van der Waals surface area contributed by atoms with E-state index in [1.165, 1.54) is 0 Å². The largest absolute Gasteiger partial charge is 0.383 e. The molecule has 0 N–H and O–H groups in total. The fourth-order valence-electron chi connectivity index (χ4n) is 2.66. The summed E-state index contributed by atoms with van der Waals surface area (Å²) in [4.78, 5) is 10.3. The summed E-state index contributed by atoms with van der Waals surface area (Å²) < 4.78 is 12.9. The number of thioether (sulfide) groups is 1. The monoisotopic (exact) mass is 386 g/mol. The van der Waals surface area contributed by atoms with Gasteiger partial charge in [-0.2, -0.15) is 4.98 Å². The minimum atomic E-state index is -0.00526. The lowest BCUT2D eigenvalue weighted by atomic mass is 10.3. The zero-order valence-electron chi connectivity index (χ0n) is 14.5. The van der Waals surface area contributed by atoms with Crippen molar-refractivity contribution in [2.24, 2.45) is 0 Å². The van der Waals surface area contributed by atoms with Crippen LogP contribution >= 0.6 is 23.1 Å². The lowest BCUT2D eigenvalue weighted by molar-refractivity contribution is 0.186. The Balaban J connectivity index is 1.60. The Kier molecular flexibility index (Phi) is 5.05. The molecule has 0 amide bonds. The van der Waals surface area contributed by atoms with E-state index in [-0.39, 0.29) is 5.25 Å². The van der Waals surface area contributed by atoms with Crippen molar-refractivity contribution in [3.63, 3.8) is 0 Å². The number of methoxy groups -OCH3 is 1. The summed E-state index contributed by atoms with van der Waals surface area (Å²) in [6.45, 7) is 3.43. The second-order valence-electron chi connectivity index (χ2n) is 5.72. The average molecular weight is 387 g/mol. The molecule has 6 nitrogen and oxygen atoms in total. The predicted octanol–water partition coefficient (Wildman–Crippen LogP) is 4.65. The van der Waals surface area contributed by atoms with Crippen molar-refractivity contribution in [1.82, 2.24) is 19.7 Å². The molecule has 3 heterocycles.